The lowest BCUT2D eigenvalue weighted by Gasteiger charge is -2.17. The Labute approximate surface area is 135 Å². The lowest BCUT2D eigenvalue weighted by atomic mass is 10.1. The maximum absolute atomic E-state index is 12.3. The molecular weight excluding hydrogens is 316 g/mol. The Bertz CT molecular complexity index is 828. The molecule has 2 aromatic rings. The van der Waals surface area contributed by atoms with Gasteiger partial charge in [0, 0.05) is 19.8 Å². The molecule has 0 aromatic heterocycles. The monoisotopic (exact) mass is 334 g/mol. The van der Waals surface area contributed by atoms with Crippen LogP contribution in [0.4, 0.5) is 11.4 Å². The molecule has 0 aliphatic heterocycles. The van der Waals surface area contributed by atoms with Crippen molar-refractivity contribution in [1.29, 1.82) is 0 Å². The fourth-order valence-corrected chi connectivity index (χ4v) is 3.14. The quantitative estimate of drug-likeness (QED) is 0.877. The highest BCUT2D eigenvalue weighted by Crippen LogP contribution is 2.24. The van der Waals surface area contributed by atoms with Crippen molar-refractivity contribution in [2.24, 2.45) is 0 Å². The van der Waals surface area contributed by atoms with E-state index in [9.17, 15) is 18.3 Å². The third-order valence-corrected chi connectivity index (χ3v) is 4.69. The molecule has 0 atom stereocenters. The summed E-state index contributed by atoms with van der Waals surface area (Å²) in [6, 6.07) is 10.8. The number of hydrogen-bond acceptors (Lipinski definition) is 4. The molecule has 2 N–H and O–H groups in total. The Balaban J connectivity index is 2.38. The first-order valence-electron chi connectivity index (χ1n) is 6.85. The van der Waals surface area contributed by atoms with E-state index in [4.69, 9.17) is 0 Å². The standard InChI is InChI=1S/C16H18N2O4S/c1-11-4-7-13(8-5-11)23(21,22)17-12-6-9-15(18(2)3)14(10-12)16(19)20/h4-10,17H,1-3H3,(H,19,20). The number of carboxylic acids is 1. The number of nitrogens with one attached hydrogen (secondary N) is 1. The summed E-state index contributed by atoms with van der Waals surface area (Å²) < 4.78 is 27.1. The van der Waals surface area contributed by atoms with Gasteiger partial charge in [0.15, 0.2) is 0 Å². The Morgan fingerprint density at radius 3 is 2.22 bits per heavy atom. The first kappa shape index (κ1) is 16.8. The smallest absolute Gasteiger partial charge is 0.337 e. The van der Waals surface area contributed by atoms with E-state index in [-0.39, 0.29) is 16.1 Å². The predicted octanol–water partition coefficient (Wildman–Crippen LogP) is 2.56. The van der Waals surface area contributed by atoms with Crippen molar-refractivity contribution in [3.05, 3.63) is 53.6 Å². The Hall–Kier alpha value is -2.54. The van der Waals surface area contributed by atoms with Gasteiger partial charge in [-0.3, -0.25) is 4.72 Å². The lowest BCUT2D eigenvalue weighted by molar-refractivity contribution is 0.0697. The average molecular weight is 334 g/mol. The number of anilines is 2. The van der Waals surface area contributed by atoms with Crippen molar-refractivity contribution in [3.8, 4) is 0 Å². The first-order valence-corrected chi connectivity index (χ1v) is 8.33. The van der Waals surface area contributed by atoms with E-state index in [2.05, 4.69) is 4.72 Å². The summed E-state index contributed by atoms with van der Waals surface area (Å²) in [5.74, 6) is -1.12. The fraction of sp³-hybridized carbons (Fsp3) is 0.188. The van der Waals surface area contributed by atoms with Crippen LogP contribution in [0.15, 0.2) is 47.4 Å². The highest BCUT2D eigenvalue weighted by molar-refractivity contribution is 7.92. The van der Waals surface area contributed by atoms with Crippen molar-refractivity contribution in [3.63, 3.8) is 0 Å². The maximum atomic E-state index is 12.3. The highest BCUT2D eigenvalue weighted by atomic mass is 32.2. The molecule has 6 nitrogen and oxygen atoms in total. The van der Waals surface area contributed by atoms with Crippen LogP contribution < -0.4 is 9.62 Å². The van der Waals surface area contributed by atoms with Gasteiger partial charge in [-0.1, -0.05) is 17.7 Å². The van der Waals surface area contributed by atoms with E-state index in [1.807, 2.05) is 6.92 Å². The summed E-state index contributed by atoms with van der Waals surface area (Å²) in [6.07, 6.45) is 0. The Kier molecular flexibility index (Phi) is 4.60. The van der Waals surface area contributed by atoms with Gasteiger partial charge in [0.1, 0.15) is 0 Å². The molecule has 0 fully saturated rings. The van der Waals surface area contributed by atoms with Crippen molar-refractivity contribution >= 4 is 27.4 Å². The van der Waals surface area contributed by atoms with E-state index in [0.29, 0.717) is 5.69 Å². The minimum absolute atomic E-state index is 0.0270. The molecule has 122 valence electrons. The Morgan fingerprint density at radius 2 is 1.70 bits per heavy atom. The summed E-state index contributed by atoms with van der Waals surface area (Å²) >= 11 is 0. The number of nitrogens with zero attached hydrogens (tertiary/aromatic N) is 1. The van der Waals surface area contributed by atoms with Gasteiger partial charge in [-0.25, -0.2) is 13.2 Å². The van der Waals surface area contributed by atoms with Gasteiger partial charge in [0.25, 0.3) is 10.0 Å². The van der Waals surface area contributed by atoms with Crippen LogP contribution in [-0.4, -0.2) is 33.6 Å². The average Bonchev–Trinajstić information content (AvgIpc) is 2.46. The summed E-state index contributed by atoms with van der Waals surface area (Å²) in [4.78, 5) is 13.1. The number of aryl methyl sites for hydroxylation is 1. The van der Waals surface area contributed by atoms with Gasteiger partial charge in [0.2, 0.25) is 0 Å². The summed E-state index contributed by atoms with van der Waals surface area (Å²) in [6.45, 7) is 1.86. The van der Waals surface area contributed by atoms with E-state index in [1.165, 1.54) is 24.3 Å². The zero-order valence-electron chi connectivity index (χ0n) is 13.1. The van der Waals surface area contributed by atoms with Crippen LogP contribution in [0, 0.1) is 6.92 Å². The van der Waals surface area contributed by atoms with Crippen LogP contribution >= 0.6 is 0 Å². The van der Waals surface area contributed by atoms with Gasteiger partial charge >= 0.3 is 5.97 Å². The van der Waals surface area contributed by atoms with Gasteiger partial charge in [0.05, 0.1) is 16.1 Å². The van der Waals surface area contributed by atoms with Gasteiger partial charge < -0.3 is 10.0 Å². The fourth-order valence-electron chi connectivity index (χ4n) is 2.09. The molecule has 0 saturated heterocycles. The number of rotatable bonds is 5. The predicted molar refractivity (Wildman–Crippen MR) is 89.7 cm³/mol. The lowest BCUT2D eigenvalue weighted by Crippen LogP contribution is -2.16. The second-order valence-corrected chi connectivity index (χ2v) is 7.03. The molecular formula is C16H18N2O4S. The number of carboxylic acid groups (broad SMARTS) is 1. The summed E-state index contributed by atoms with van der Waals surface area (Å²) in [5, 5.41) is 9.28. The van der Waals surface area contributed by atoms with E-state index < -0.39 is 16.0 Å². The third kappa shape index (κ3) is 3.81. The minimum atomic E-state index is -3.76. The van der Waals surface area contributed by atoms with Crippen LogP contribution in [-0.2, 0) is 10.0 Å². The number of aromatic carboxylic acids is 1. The number of hydrogen-bond donors (Lipinski definition) is 2. The number of carbonyl (C=O) groups is 1. The molecule has 0 bridgehead atoms. The van der Waals surface area contributed by atoms with Crippen molar-refractivity contribution in [2.45, 2.75) is 11.8 Å². The molecule has 23 heavy (non-hydrogen) atoms. The van der Waals surface area contributed by atoms with Gasteiger partial charge in [-0.2, -0.15) is 0 Å². The van der Waals surface area contributed by atoms with Crippen molar-refractivity contribution in [1.82, 2.24) is 0 Å². The summed E-state index contributed by atoms with van der Waals surface area (Å²) in [7, 11) is -0.322. The maximum Gasteiger partial charge on any atom is 0.337 e. The van der Waals surface area contributed by atoms with Crippen LogP contribution in [0.25, 0.3) is 0 Å². The zero-order valence-corrected chi connectivity index (χ0v) is 13.9. The molecule has 0 spiro atoms. The van der Waals surface area contributed by atoms with Crippen molar-refractivity contribution < 1.29 is 18.3 Å². The SMILES string of the molecule is Cc1ccc(S(=O)(=O)Nc2ccc(N(C)C)c(C(=O)O)c2)cc1. The molecule has 0 aliphatic rings. The molecule has 0 amide bonds. The molecule has 0 aliphatic carbocycles. The normalized spacial score (nSPS) is 11.1. The second kappa shape index (κ2) is 6.29. The molecule has 0 saturated carbocycles. The highest BCUT2D eigenvalue weighted by Gasteiger charge is 2.17. The molecule has 2 rings (SSSR count). The minimum Gasteiger partial charge on any atom is -0.478 e. The van der Waals surface area contributed by atoms with E-state index >= 15 is 0 Å². The zero-order chi connectivity index (χ0) is 17.2. The Morgan fingerprint density at radius 1 is 1.09 bits per heavy atom. The van der Waals surface area contributed by atoms with Crippen molar-refractivity contribution in [2.75, 3.05) is 23.7 Å². The molecule has 0 heterocycles. The van der Waals surface area contributed by atoms with Crippen LogP contribution in [0.3, 0.4) is 0 Å². The van der Waals surface area contributed by atoms with E-state index in [1.54, 1.807) is 37.2 Å². The van der Waals surface area contributed by atoms with Gasteiger partial charge in [-0.15, -0.1) is 0 Å². The number of benzene rings is 2. The first-order chi connectivity index (χ1) is 10.7. The van der Waals surface area contributed by atoms with Crippen LogP contribution in [0.1, 0.15) is 15.9 Å². The molecule has 7 heteroatoms. The third-order valence-electron chi connectivity index (χ3n) is 3.29. The molecule has 0 radical (unpaired) electrons. The van der Waals surface area contributed by atoms with Crippen LogP contribution in [0.2, 0.25) is 0 Å². The van der Waals surface area contributed by atoms with E-state index in [0.717, 1.165) is 5.56 Å². The molecule has 2 aromatic carbocycles. The van der Waals surface area contributed by atoms with Crippen LogP contribution in [0.5, 0.6) is 0 Å². The topological polar surface area (TPSA) is 86.7 Å². The summed E-state index contributed by atoms with van der Waals surface area (Å²) in [5.41, 5.74) is 1.68. The largest absolute Gasteiger partial charge is 0.478 e. The number of sulfonamides is 1. The van der Waals surface area contributed by atoms with Gasteiger partial charge in [-0.05, 0) is 37.3 Å². The second-order valence-electron chi connectivity index (χ2n) is 5.35. The molecule has 0 unspecified atom stereocenters.